The SMILES string of the molecule is C[C@H](NC(=O)CNC(=O)OC(C)(C)C)C(=O)OCCOCn1cnc2c(=O)[nH]c(N)nc21. The summed E-state index contributed by atoms with van der Waals surface area (Å²) in [4.78, 5) is 57.3. The van der Waals surface area contributed by atoms with Gasteiger partial charge in [0.15, 0.2) is 11.2 Å². The van der Waals surface area contributed by atoms with Crippen molar-refractivity contribution in [2.45, 2.75) is 46.1 Å². The van der Waals surface area contributed by atoms with Crippen LogP contribution in [0.2, 0.25) is 0 Å². The minimum Gasteiger partial charge on any atom is -0.462 e. The molecular formula is C18H27N7O7. The van der Waals surface area contributed by atoms with Crippen LogP contribution in [0.15, 0.2) is 11.1 Å². The quantitative estimate of drug-likeness (QED) is 0.277. The van der Waals surface area contributed by atoms with Gasteiger partial charge in [0.1, 0.15) is 31.5 Å². The molecule has 2 rings (SSSR count). The Kier molecular flexibility index (Phi) is 8.12. The monoisotopic (exact) mass is 453 g/mol. The number of carbonyl (C=O) groups excluding carboxylic acids is 3. The van der Waals surface area contributed by atoms with Gasteiger partial charge in [-0.1, -0.05) is 0 Å². The van der Waals surface area contributed by atoms with Gasteiger partial charge in [-0.2, -0.15) is 4.98 Å². The number of nitrogens with zero attached hydrogens (tertiary/aromatic N) is 3. The summed E-state index contributed by atoms with van der Waals surface area (Å²) in [6.45, 7) is 6.16. The van der Waals surface area contributed by atoms with Crippen LogP contribution in [0.5, 0.6) is 0 Å². The lowest BCUT2D eigenvalue weighted by atomic mass is 10.2. The number of aromatic nitrogens is 4. The van der Waals surface area contributed by atoms with Gasteiger partial charge in [-0.15, -0.1) is 0 Å². The predicted molar refractivity (Wildman–Crippen MR) is 111 cm³/mol. The molecule has 14 nitrogen and oxygen atoms in total. The number of hydrogen-bond donors (Lipinski definition) is 4. The number of esters is 1. The number of nitrogens with one attached hydrogen (secondary N) is 3. The molecule has 2 heterocycles. The predicted octanol–water partition coefficient (Wildman–Crippen LogP) is -0.751. The van der Waals surface area contributed by atoms with E-state index >= 15 is 0 Å². The number of imidazole rings is 1. The molecule has 5 N–H and O–H groups in total. The highest BCUT2D eigenvalue weighted by Gasteiger charge is 2.19. The van der Waals surface area contributed by atoms with Crippen molar-refractivity contribution in [2.24, 2.45) is 0 Å². The molecule has 14 heteroatoms. The molecule has 0 fully saturated rings. The average Bonchev–Trinajstić information content (AvgIpc) is 3.07. The third kappa shape index (κ3) is 7.54. The van der Waals surface area contributed by atoms with Crippen LogP contribution in [0.3, 0.4) is 0 Å². The van der Waals surface area contributed by atoms with Crippen LogP contribution < -0.4 is 21.9 Å². The second-order valence-electron chi connectivity index (χ2n) is 7.69. The zero-order chi connectivity index (χ0) is 23.9. The number of aromatic amines is 1. The molecule has 1 atom stereocenters. The van der Waals surface area contributed by atoms with Gasteiger partial charge in [0.2, 0.25) is 11.9 Å². The normalized spacial score (nSPS) is 12.2. The average molecular weight is 453 g/mol. The van der Waals surface area contributed by atoms with Crippen molar-refractivity contribution in [3.8, 4) is 0 Å². The molecule has 0 aliphatic heterocycles. The van der Waals surface area contributed by atoms with E-state index in [0.29, 0.717) is 0 Å². The summed E-state index contributed by atoms with van der Waals surface area (Å²) in [5.41, 5.74) is 4.76. The zero-order valence-electron chi connectivity index (χ0n) is 18.3. The fourth-order valence-electron chi connectivity index (χ4n) is 2.37. The maximum atomic E-state index is 12.0. The molecular weight excluding hydrogens is 426 g/mol. The minimum atomic E-state index is -0.931. The molecule has 0 aliphatic carbocycles. The Bertz CT molecular complexity index is 1020. The number of nitrogens with two attached hydrogens (primary N) is 1. The lowest BCUT2D eigenvalue weighted by Gasteiger charge is -2.19. The first-order chi connectivity index (χ1) is 15.0. The molecule has 32 heavy (non-hydrogen) atoms. The summed E-state index contributed by atoms with van der Waals surface area (Å²) in [5.74, 6) is -1.30. The van der Waals surface area contributed by atoms with Crippen molar-refractivity contribution >= 4 is 35.1 Å². The highest BCUT2D eigenvalue weighted by Crippen LogP contribution is 2.07. The molecule has 0 bridgehead atoms. The van der Waals surface area contributed by atoms with Gasteiger partial charge in [0.25, 0.3) is 5.56 Å². The first-order valence-corrected chi connectivity index (χ1v) is 9.67. The van der Waals surface area contributed by atoms with Crippen LogP contribution in [0.25, 0.3) is 11.2 Å². The first kappa shape index (κ1) is 24.6. The maximum Gasteiger partial charge on any atom is 0.408 e. The lowest BCUT2D eigenvalue weighted by molar-refractivity contribution is -0.149. The summed E-state index contributed by atoms with van der Waals surface area (Å²) in [5, 5.41) is 4.69. The molecule has 176 valence electrons. The lowest BCUT2D eigenvalue weighted by Crippen LogP contribution is -2.45. The smallest absolute Gasteiger partial charge is 0.408 e. The Balaban J connectivity index is 1.67. The largest absolute Gasteiger partial charge is 0.462 e. The molecule has 2 amide bonds. The molecule has 2 aromatic rings. The van der Waals surface area contributed by atoms with Crippen molar-refractivity contribution in [1.82, 2.24) is 30.2 Å². The molecule has 2 aromatic heterocycles. The second kappa shape index (κ2) is 10.6. The van der Waals surface area contributed by atoms with E-state index in [9.17, 15) is 19.2 Å². The Labute approximate surface area is 182 Å². The molecule has 0 spiro atoms. The van der Waals surface area contributed by atoms with E-state index < -0.39 is 35.2 Å². The Morgan fingerprint density at radius 2 is 2.00 bits per heavy atom. The van der Waals surface area contributed by atoms with E-state index in [0.717, 1.165) is 0 Å². The number of rotatable bonds is 9. The number of carbonyl (C=O) groups is 3. The van der Waals surface area contributed by atoms with Crippen molar-refractivity contribution in [1.29, 1.82) is 0 Å². The maximum absolute atomic E-state index is 12.0. The Hall–Kier alpha value is -3.68. The number of alkyl carbamates (subject to hydrolysis) is 1. The molecule has 0 radical (unpaired) electrons. The van der Waals surface area contributed by atoms with E-state index in [1.165, 1.54) is 17.8 Å². The Morgan fingerprint density at radius 3 is 2.69 bits per heavy atom. The molecule has 0 saturated heterocycles. The highest BCUT2D eigenvalue weighted by molar-refractivity contribution is 5.87. The van der Waals surface area contributed by atoms with Gasteiger partial charge in [-0.3, -0.25) is 19.1 Å². The number of ether oxygens (including phenoxy) is 3. The summed E-state index contributed by atoms with van der Waals surface area (Å²) in [7, 11) is 0. The number of amides is 2. The van der Waals surface area contributed by atoms with Crippen molar-refractivity contribution in [3.05, 3.63) is 16.7 Å². The van der Waals surface area contributed by atoms with Crippen LogP contribution in [0.4, 0.5) is 10.7 Å². The van der Waals surface area contributed by atoms with E-state index in [1.54, 1.807) is 20.8 Å². The summed E-state index contributed by atoms with van der Waals surface area (Å²) in [6, 6.07) is -0.931. The van der Waals surface area contributed by atoms with Crippen LogP contribution in [0, 0.1) is 0 Å². The number of hydrogen-bond acceptors (Lipinski definition) is 10. The zero-order valence-corrected chi connectivity index (χ0v) is 18.3. The third-order valence-corrected chi connectivity index (χ3v) is 3.72. The minimum absolute atomic E-state index is 0.00652. The topological polar surface area (TPSA) is 193 Å². The van der Waals surface area contributed by atoms with Crippen LogP contribution in [-0.2, 0) is 30.5 Å². The van der Waals surface area contributed by atoms with E-state index in [4.69, 9.17) is 19.9 Å². The Morgan fingerprint density at radius 1 is 1.28 bits per heavy atom. The standard InChI is InChI=1S/C18H27N7O7/c1-10(22-11(26)7-20-17(29)32-18(2,3)4)15(28)31-6-5-30-9-25-8-21-12-13(25)23-16(19)24-14(12)27/h8,10H,5-7,9H2,1-4H3,(H,20,29)(H,22,26)(H3,19,23,24,27)/t10-/m0/s1. The highest BCUT2D eigenvalue weighted by atomic mass is 16.6. The summed E-state index contributed by atoms with van der Waals surface area (Å²) >= 11 is 0. The van der Waals surface area contributed by atoms with Gasteiger partial charge in [-0.05, 0) is 27.7 Å². The number of H-pyrrole nitrogens is 1. The van der Waals surface area contributed by atoms with Gasteiger partial charge < -0.3 is 30.6 Å². The van der Waals surface area contributed by atoms with Crippen LogP contribution in [0.1, 0.15) is 27.7 Å². The number of anilines is 1. The van der Waals surface area contributed by atoms with E-state index in [2.05, 4.69) is 25.6 Å². The fraction of sp³-hybridized carbons (Fsp3) is 0.556. The fourth-order valence-corrected chi connectivity index (χ4v) is 2.37. The molecule has 0 aliphatic rings. The van der Waals surface area contributed by atoms with E-state index in [1.807, 2.05) is 0 Å². The number of fused-ring (bicyclic) bond motifs is 1. The van der Waals surface area contributed by atoms with Gasteiger partial charge in [0.05, 0.1) is 12.9 Å². The summed E-state index contributed by atoms with van der Waals surface area (Å²) in [6.07, 6.45) is 0.634. The van der Waals surface area contributed by atoms with Gasteiger partial charge >= 0.3 is 12.1 Å². The van der Waals surface area contributed by atoms with Crippen LogP contribution >= 0.6 is 0 Å². The molecule has 0 aromatic carbocycles. The van der Waals surface area contributed by atoms with Crippen LogP contribution in [-0.4, -0.2) is 68.9 Å². The first-order valence-electron chi connectivity index (χ1n) is 9.67. The summed E-state index contributed by atoms with van der Waals surface area (Å²) < 4.78 is 16.9. The van der Waals surface area contributed by atoms with Crippen molar-refractivity contribution in [2.75, 3.05) is 25.5 Å². The van der Waals surface area contributed by atoms with Crippen molar-refractivity contribution < 1.29 is 28.6 Å². The molecule has 0 saturated carbocycles. The third-order valence-electron chi connectivity index (χ3n) is 3.72. The van der Waals surface area contributed by atoms with E-state index in [-0.39, 0.29) is 43.6 Å². The van der Waals surface area contributed by atoms with Gasteiger partial charge in [0, 0.05) is 0 Å². The molecule has 0 unspecified atom stereocenters. The second-order valence-corrected chi connectivity index (χ2v) is 7.69. The van der Waals surface area contributed by atoms with Crippen molar-refractivity contribution in [3.63, 3.8) is 0 Å². The van der Waals surface area contributed by atoms with Gasteiger partial charge in [-0.25, -0.2) is 14.6 Å². The number of nitrogen functional groups attached to an aromatic ring is 1.